The largest absolute Gasteiger partial charge is 0.388 e. The monoisotopic (exact) mass is 807 g/mol. The van der Waals surface area contributed by atoms with Gasteiger partial charge in [0.15, 0.2) is 12.5 Å². The van der Waals surface area contributed by atoms with Gasteiger partial charge in [0.05, 0.1) is 12.4 Å². The van der Waals surface area contributed by atoms with Crippen molar-refractivity contribution in [2.45, 2.75) is 83.8 Å². The molecule has 2 saturated heterocycles. The maximum absolute atomic E-state index is 13.3. The first-order valence-corrected chi connectivity index (χ1v) is 12.4. The van der Waals surface area contributed by atoms with E-state index in [1.165, 1.54) is 0 Å². The van der Waals surface area contributed by atoms with Crippen LogP contribution < -0.4 is 22.5 Å². The Labute approximate surface area is 276 Å². The van der Waals surface area contributed by atoms with E-state index in [1.807, 2.05) is 9.97 Å². The Kier molecular flexibility index (Phi) is 12.9. The smallest absolute Gasteiger partial charge is 0.330 e. The number of halogens is 2. The van der Waals surface area contributed by atoms with Crippen molar-refractivity contribution in [1.82, 2.24) is 19.1 Å². The zero-order chi connectivity index (χ0) is 30.2. The molecule has 15 heteroatoms. The van der Waals surface area contributed by atoms with E-state index < -0.39 is 81.8 Å². The Balaban J connectivity index is 0.000000401. The van der Waals surface area contributed by atoms with Crippen LogP contribution >= 0.6 is 0 Å². The standard InChI is InChI=1S/2C13H15FN2O4.CH4.Ac/c2*1-4-13(5-2)7(3)9(17)11(20-13)16-6-8(14)10(18)15-12(16)19;;/h2*1,6-7,9,11,17H,5H2,2-3H3,(H,15,18,19);1H4;/t2*7?,9?,11-,13-;;/m11../s1. The van der Waals surface area contributed by atoms with Gasteiger partial charge in [-0.1, -0.05) is 47.0 Å². The number of terminal acetylenes is 2. The minimum Gasteiger partial charge on any atom is -0.388 e. The van der Waals surface area contributed by atoms with Crippen molar-refractivity contribution >= 4 is 0 Å². The summed E-state index contributed by atoms with van der Waals surface area (Å²) in [4.78, 5) is 49.1. The molecule has 1 radical (unpaired) electrons. The molecule has 4 rings (SSSR count). The van der Waals surface area contributed by atoms with Crippen molar-refractivity contribution in [1.29, 1.82) is 0 Å². The zero-order valence-corrected chi connectivity index (χ0v) is 27.5. The van der Waals surface area contributed by atoms with Crippen LogP contribution in [0.5, 0.6) is 0 Å². The summed E-state index contributed by atoms with van der Waals surface area (Å²) in [5.41, 5.74) is -6.03. The Morgan fingerprint density at radius 3 is 1.38 bits per heavy atom. The van der Waals surface area contributed by atoms with E-state index in [2.05, 4.69) is 11.8 Å². The molecular weight excluding hydrogens is 773 g/mol. The second-order valence-corrected chi connectivity index (χ2v) is 9.64. The molecule has 0 aliphatic carbocycles. The molecule has 4 N–H and O–H groups in total. The van der Waals surface area contributed by atoms with E-state index >= 15 is 0 Å². The molecule has 12 nitrogen and oxygen atoms in total. The van der Waals surface area contributed by atoms with E-state index in [1.54, 1.807) is 27.7 Å². The molecule has 0 bridgehead atoms. The maximum Gasteiger partial charge on any atom is 0.330 e. The van der Waals surface area contributed by atoms with Crippen molar-refractivity contribution in [2.75, 3.05) is 0 Å². The van der Waals surface area contributed by atoms with Crippen LogP contribution in [0.4, 0.5) is 8.78 Å². The van der Waals surface area contributed by atoms with Gasteiger partial charge in [0.25, 0.3) is 11.1 Å². The van der Waals surface area contributed by atoms with Crippen molar-refractivity contribution < 1.29 is 72.5 Å². The summed E-state index contributed by atoms with van der Waals surface area (Å²) in [6.07, 6.45) is 8.75. The van der Waals surface area contributed by atoms with Crippen molar-refractivity contribution in [3.05, 3.63) is 65.7 Å². The summed E-state index contributed by atoms with van der Waals surface area (Å²) in [5, 5.41) is 20.4. The van der Waals surface area contributed by atoms with E-state index in [0.29, 0.717) is 25.2 Å². The number of H-pyrrole nitrogens is 2. The average molecular weight is 808 g/mol. The maximum atomic E-state index is 13.3. The third-order valence-electron chi connectivity index (χ3n) is 7.68. The molecule has 4 unspecified atom stereocenters. The van der Waals surface area contributed by atoms with Crippen LogP contribution in [0.2, 0.25) is 0 Å². The van der Waals surface area contributed by atoms with Crippen LogP contribution in [0.3, 0.4) is 0 Å². The summed E-state index contributed by atoms with van der Waals surface area (Å²) >= 11 is 0. The first kappa shape index (κ1) is 37.6. The molecule has 0 aromatic carbocycles. The van der Waals surface area contributed by atoms with Gasteiger partial charge in [-0.2, -0.15) is 8.78 Å². The molecule has 0 saturated carbocycles. The van der Waals surface area contributed by atoms with Crippen LogP contribution in [0.25, 0.3) is 0 Å². The van der Waals surface area contributed by atoms with Crippen LogP contribution in [0, 0.1) is 92.2 Å². The molecule has 4 heterocycles. The van der Waals surface area contributed by atoms with Crippen LogP contribution in [0.15, 0.2) is 31.6 Å². The van der Waals surface area contributed by atoms with Gasteiger partial charge in [-0.25, -0.2) is 9.59 Å². The number of aliphatic hydroxyl groups excluding tert-OH is 2. The molecule has 2 fully saturated rings. The fourth-order valence-electron chi connectivity index (χ4n) is 4.92. The molecule has 0 amide bonds. The fraction of sp³-hybridized carbons (Fsp3) is 0.556. The zero-order valence-electron chi connectivity index (χ0n) is 22.8. The summed E-state index contributed by atoms with van der Waals surface area (Å²) < 4.78 is 39.5. The molecule has 0 spiro atoms. The summed E-state index contributed by atoms with van der Waals surface area (Å²) in [6, 6.07) is 0. The van der Waals surface area contributed by atoms with Crippen molar-refractivity contribution in [3.63, 3.8) is 0 Å². The summed E-state index contributed by atoms with van der Waals surface area (Å²) in [7, 11) is 0. The third kappa shape index (κ3) is 6.57. The first-order chi connectivity index (χ1) is 18.7. The SMILES string of the molecule is C.C#C[C@]1(CC)O[C@@H](n2cc(F)c(=O)[nH]c2=O)C(O)C1C.C#C[C@]1(CC)O[C@@H](n2cc(F)c(=O)[nH]c2=O)C(O)C1C.[Ac]. The van der Waals surface area contributed by atoms with Gasteiger partial charge in [-0.05, 0) is 12.8 Å². The van der Waals surface area contributed by atoms with Gasteiger partial charge < -0.3 is 19.7 Å². The molecule has 2 aliphatic heterocycles. The summed E-state index contributed by atoms with van der Waals surface area (Å²) in [5.74, 6) is 1.82. The second-order valence-electron chi connectivity index (χ2n) is 9.64. The molecule has 2 aromatic heterocycles. The van der Waals surface area contributed by atoms with E-state index in [0.717, 1.165) is 9.13 Å². The second kappa shape index (κ2) is 14.4. The topological polar surface area (TPSA) is 169 Å². The molecule has 8 atom stereocenters. The normalized spacial score (nSPS) is 31.5. The molecular formula is C27H34AcF2N4O8. The van der Waals surface area contributed by atoms with E-state index in [-0.39, 0.29) is 51.5 Å². The van der Waals surface area contributed by atoms with Crippen LogP contribution in [-0.2, 0) is 9.47 Å². The number of nitrogens with one attached hydrogen (secondary N) is 2. The van der Waals surface area contributed by atoms with Gasteiger partial charge in [0.2, 0.25) is 11.6 Å². The molecule has 2 aliphatic rings. The number of nitrogens with zero attached hydrogens (tertiary/aromatic N) is 2. The minimum atomic E-state index is -1.14. The molecule has 2 aromatic rings. The van der Waals surface area contributed by atoms with Gasteiger partial charge in [-0.3, -0.25) is 28.7 Å². The number of ether oxygens (including phenoxy) is 2. The minimum absolute atomic E-state index is 0. The Morgan fingerprint density at radius 2 is 1.14 bits per heavy atom. The number of rotatable bonds is 4. The van der Waals surface area contributed by atoms with Crippen LogP contribution in [0.1, 0.15) is 60.4 Å². The summed E-state index contributed by atoms with van der Waals surface area (Å²) in [6.45, 7) is 6.98. The van der Waals surface area contributed by atoms with E-state index in [9.17, 15) is 38.2 Å². The number of hydrogen-bond acceptors (Lipinski definition) is 8. The number of aliphatic hydroxyl groups is 2. The first-order valence-electron chi connectivity index (χ1n) is 12.4. The number of aromatic amines is 2. The van der Waals surface area contributed by atoms with Gasteiger partial charge >= 0.3 is 11.4 Å². The van der Waals surface area contributed by atoms with Gasteiger partial charge in [-0.15, -0.1) is 12.8 Å². The Morgan fingerprint density at radius 1 is 0.833 bits per heavy atom. The van der Waals surface area contributed by atoms with Crippen LogP contribution in [-0.4, -0.2) is 52.7 Å². The van der Waals surface area contributed by atoms with E-state index in [4.69, 9.17) is 22.3 Å². The number of hydrogen-bond donors (Lipinski definition) is 4. The van der Waals surface area contributed by atoms with Crippen molar-refractivity contribution in [2.24, 2.45) is 11.8 Å². The van der Waals surface area contributed by atoms with Gasteiger partial charge in [0, 0.05) is 55.9 Å². The fourth-order valence-corrected chi connectivity index (χ4v) is 4.92. The molecule has 42 heavy (non-hydrogen) atoms. The Hall–Kier alpha value is -2.38. The third-order valence-corrected chi connectivity index (χ3v) is 7.68. The number of aromatic nitrogens is 4. The quantitative estimate of drug-likeness (QED) is 0.326. The predicted octanol–water partition coefficient (Wildman–Crippen LogP) is 0.603. The van der Waals surface area contributed by atoms with Gasteiger partial charge in [0.1, 0.15) is 23.4 Å². The molecule has 227 valence electrons. The predicted molar refractivity (Wildman–Crippen MR) is 144 cm³/mol. The average Bonchev–Trinajstić information content (AvgIpc) is 3.34. The Bertz CT molecular complexity index is 1470. The van der Waals surface area contributed by atoms with Crippen molar-refractivity contribution in [3.8, 4) is 24.7 Å².